The van der Waals surface area contributed by atoms with Crippen molar-refractivity contribution in [1.82, 2.24) is 0 Å². The number of hydrogen-bond donors (Lipinski definition) is 0. The van der Waals surface area contributed by atoms with Gasteiger partial charge in [0.05, 0.1) is 5.69 Å². The summed E-state index contributed by atoms with van der Waals surface area (Å²) in [6, 6.07) is 32.0. The summed E-state index contributed by atoms with van der Waals surface area (Å²) in [5.41, 5.74) is 4.13. The normalized spacial score (nSPS) is 13.4. The van der Waals surface area contributed by atoms with Crippen molar-refractivity contribution >= 4 is 40.2 Å². The molecule has 0 unspecified atom stereocenters. The second-order valence-corrected chi connectivity index (χ2v) is 12.6. The zero-order chi connectivity index (χ0) is 22.5. The molecule has 1 aliphatic rings. The van der Waals surface area contributed by atoms with Gasteiger partial charge in [-0.2, -0.15) is 0 Å². The Kier molecular flexibility index (Phi) is 4.90. The van der Waals surface area contributed by atoms with Crippen molar-refractivity contribution in [2.75, 3.05) is 38.0 Å². The lowest BCUT2D eigenvalue weighted by Crippen LogP contribution is -2.72. The van der Waals surface area contributed by atoms with E-state index in [0.717, 1.165) is 16.4 Å². The first kappa shape index (κ1) is 20.5. The highest BCUT2D eigenvalue weighted by molar-refractivity contribution is 7.22. The molecule has 4 heteroatoms. The molecule has 0 amide bonds. The summed E-state index contributed by atoms with van der Waals surface area (Å²) in [6.45, 7) is 0. The summed E-state index contributed by atoms with van der Waals surface area (Å²) in [5.74, 6) is -0.168. The minimum Gasteiger partial charge on any atom is -0.378 e. The van der Waals surface area contributed by atoms with Crippen molar-refractivity contribution in [2.45, 2.75) is 0 Å². The van der Waals surface area contributed by atoms with E-state index in [1.54, 1.807) is 0 Å². The molecule has 0 fully saturated rings. The maximum atomic E-state index is 15.5. The number of anilines is 2. The lowest BCUT2D eigenvalue weighted by Gasteiger charge is -2.31. The molecule has 4 aromatic carbocycles. The third kappa shape index (κ3) is 2.90. The largest absolute Gasteiger partial charge is 0.378 e. The van der Waals surface area contributed by atoms with Crippen LogP contribution in [0.15, 0.2) is 91.0 Å². The van der Waals surface area contributed by atoms with Crippen LogP contribution in [0.1, 0.15) is 0 Å². The zero-order valence-electron chi connectivity index (χ0n) is 18.9. The Morgan fingerprint density at radius 3 is 1.69 bits per heavy atom. The van der Waals surface area contributed by atoms with Crippen molar-refractivity contribution < 1.29 is 4.39 Å². The Hall–Kier alpha value is -3.37. The molecular weight excluding hydrogens is 411 g/mol. The highest BCUT2D eigenvalue weighted by Crippen LogP contribution is 2.34. The van der Waals surface area contributed by atoms with E-state index in [1.807, 2.05) is 31.1 Å². The maximum absolute atomic E-state index is 15.5. The fourth-order valence-electron chi connectivity index (χ4n) is 5.11. The molecule has 1 heterocycles. The maximum Gasteiger partial charge on any atom is 0.180 e. The summed E-state index contributed by atoms with van der Waals surface area (Å²) < 4.78 is 15.5. The van der Waals surface area contributed by atoms with Gasteiger partial charge >= 0.3 is 0 Å². The number of benzene rings is 4. The molecular formula is C28H27FN2Si. The summed E-state index contributed by atoms with van der Waals surface area (Å²) >= 11 is 0. The van der Waals surface area contributed by atoms with E-state index < -0.39 is 8.07 Å². The lowest BCUT2D eigenvalue weighted by molar-refractivity contribution is 0.627. The van der Waals surface area contributed by atoms with E-state index >= 15 is 4.39 Å². The molecule has 2 nitrogen and oxygen atoms in total. The van der Waals surface area contributed by atoms with Gasteiger partial charge in [-0.3, -0.25) is 0 Å². The van der Waals surface area contributed by atoms with Crippen LogP contribution in [-0.2, 0) is 0 Å². The molecule has 0 atom stereocenters. The standard InChI is InChI=1S/C28H27FN2Si/c1-30(2)20-15-16-27-23(17-20)24-18-26(31(3)4)25(29)19-28(24)32(27,21-11-7-5-8-12-21)22-13-9-6-10-14-22/h5-19H,1-4H3. The fourth-order valence-corrected chi connectivity index (χ4v) is 10.3. The smallest absolute Gasteiger partial charge is 0.180 e. The molecule has 4 aromatic rings. The van der Waals surface area contributed by atoms with Gasteiger partial charge in [0, 0.05) is 33.9 Å². The molecule has 0 aliphatic carbocycles. The van der Waals surface area contributed by atoms with E-state index in [2.05, 4.69) is 97.9 Å². The van der Waals surface area contributed by atoms with Gasteiger partial charge < -0.3 is 9.80 Å². The van der Waals surface area contributed by atoms with Gasteiger partial charge in [0.25, 0.3) is 0 Å². The lowest BCUT2D eigenvalue weighted by atomic mass is 10.0. The quantitative estimate of drug-likeness (QED) is 0.397. The summed E-state index contributed by atoms with van der Waals surface area (Å²) in [6.07, 6.45) is 0. The molecule has 5 rings (SSSR count). The molecule has 0 aromatic heterocycles. The van der Waals surface area contributed by atoms with E-state index in [9.17, 15) is 0 Å². The Balaban J connectivity index is 1.96. The minimum absolute atomic E-state index is 0.168. The van der Waals surface area contributed by atoms with Crippen LogP contribution in [0.4, 0.5) is 15.8 Å². The van der Waals surface area contributed by atoms with Crippen LogP contribution in [0, 0.1) is 5.82 Å². The predicted octanol–water partition coefficient (Wildman–Crippen LogP) is 3.32. The monoisotopic (exact) mass is 438 g/mol. The number of fused-ring (bicyclic) bond motifs is 3. The minimum atomic E-state index is -2.65. The molecule has 0 N–H and O–H groups in total. The molecule has 0 radical (unpaired) electrons. The first-order chi connectivity index (χ1) is 15.4. The molecule has 0 bridgehead atoms. The van der Waals surface area contributed by atoms with Crippen LogP contribution in [0.25, 0.3) is 11.1 Å². The number of nitrogens with zero attached hydrogens (tertiary/aromatic N) is 2. The second-order valence-electron chi connectivity index (χ2n) is 8.85. The van der Waals surface area contributed by atoms with Gasteiger partial charge in [-0.1, -0.05) is 66.7 Å². The van der Waals surface area contributed by atoms with Gasteiger partial charge in [0.2, 0.25) is 0 Å². The Bertz CT molecular complexity index is 1240. The second kappa shape index (κ2) is 7.64. The van der Waals surface area contributed by atoms with Crippen molar-refractivity contribution in [3.63, 3.8) is 0 Å². The molecule has 0 saturated heterocycles. The van der Waals surface area contributed by atoms with Gasteiger partial charge in [-0.15, -0.1) is 0 Å². The summed E-state index contributed by atoms with van der Waals surface area (Å²) in [4.78, 5) is 3.99. The van der Waals surface area contributed by atoms with Crippen molar-refractivity contribution in [2.24, 2.45) is 0 Å². The van der Waals surface area contributed by atoms with Crippen LogP contribution in [0.2, 0.25) is 0 Å². The van der Waals surface area contributed by atoms with Crippen molar-refractivity contribution in [3.05, 3.63) is 96.8 Å². The van der Waals surface area contributed by atoms with E-state index in [4.69, 9.17) is 0 Å². The molecule has 0 saturated carbocycles. The topological polar surface area (TPSA) is 6.48 Å². The zero-order valence-corrected chi connectivity index (χ0v) is 19.9. The van der Waals surface area contributed by atoms with Crippen molar-refractivity contribution in [3.8, 4) is 11.1 Å². The summed E-state index contributed by atoms with van der Waals surface area (Å²) in [5, 5.41) is 5.01. The van der Waals surface area contributed by atoms with Crippen LogP contribution in [0.3, 0.4) is 0 Å². The van der Waals surface area contributed by atoms with Crippen LogP contribution in [0.5, 0.6) is 0 Å². The van der Waals surface area contributed by atoms with Gasteiger partial charge in [0.1, 0.15) is 5.82 Å². The molecule has 160 valence electrons. The number of rotatable bonds is 4. The highest BCUT2D eigenvalue weighted by atomic mass is 28.3. The van der Waals surface area contributed by atoms with Crippen molar-refractivity contribution in [1.29, 1.82) is 0 Å². The molecule has 1 aliphatic heterocycles. The average molecular weight is 439 g/mol. The van der Waals surface area contributed by atoms with E-state index in [0.29, 0.717) is 5.69 Å². The predicted molar refractivity (Wildman–Crippen MR) is 138 cm³/mol. The van der Waals surface area contributed by atoms with E-state index in [-0.39, 0.29) is 5.82 Å². The average Bonchev–Trinajstić information content (AvgIpc) is 3.09. The van der Waals surface area contributed by atoms with Crippen LogP contribution < -0.4 is 30.5 Å². The van der Waals surface area contributed by atoms with Gasteiger partial charge in [-0.25, -0.2) is 4.39 Å². The Labute approximate surface area is 190 Å². The Morgan fingerprint density at radius 1 is 0.594 bits per heavy atom. The first-order valence-electron chi connectivity index (χ1n) is 10.9. The number of halogens is 1. The Morgan fingerprint density at radius 2 is 1.16 bits per heavy atom. The summed E-state index contributed by atoms with van der Waals surface area (Å²) in [7, 11) is 5.27. The van der Waals surface area contributed by atoms with Gasteiger partial charge in [-0.05, 0) is 56.1 Å². The highest BCUT2D eigenvalue weighted by Gasteiger charge is 2.49. The van der Waals surface area contributed by atoms with Crippen LogP contribution >= 0.6 is 0 Å². The van der Waals surface area contributed by atoms with E-state index in [1.165, 1.54) is 21.1 Å². The molecule has 0 spiro atoms. The number of hydrogen-bond acceptors (Lipinski definition) is 2. The third-order valence-electron chi connectivity index (χ3n) is 6.60. The first-order valence-corrected chi connectivity index (χ1v) is 12.9. The fraction of sp³-hybridized carbons (Fsp3) is 0.143. The molecule has 32 heavy (non-hydrogen) atoms. The SMILES string of the molecule is CN(C)c1ccc2c(c1)-c1cc(N(C)C)c(F)cc1[Si]2(c1ccccc1)c1ccccc1. The van der Waals surface area contributed by atoms with Crippen LogP contribution in [-0.4, -0.2) is 36.3 Å². The third-order valence-corrected chi connectivity index (χ3v) is 11.5. The van der Waals surface area contributed by atoms with Gasteiger partial charge in [0.15, 0.2) is 8.07 Å².